The summed E-state index contributed by atoms with van der Waals surface area (Å²) in [4.78, 5) is 11.0. The molecule has 0 aliphatic carbocycles. The quantitative estimate of drug-likeness (QED) is 0.678. The Labute approximate surface area is 140 Å². The first-order valence-corrected chi connectivity index (χ1v) is 7.59. The number of halogens is 1. The van der Waals surface area contributed by atoms with Crippen molar-refractivity contribution in [2.75, 3.05) is 0 Å². The van der Waals surface area contributed by atoms with Crippen LogP contribution in [0.4, 0.5) is 4.79 Å². The first kappa shape index (κ1) is 14.6. The number of amides is 1. The number of primary amides is 1. The summed E-state index contributed by atoms with van der Waals surface area (Å²) in [5.41, 5.74) is 6.73. The largest absolute Gasteiger partial charge is 0.457 e. The second-order valence-corrected chi connectivity index (χ2v) is 5.81. The Bertz CT molecular complexity index is 812. The maximum atomic E-state index is 11.0. The molecule has 1 heterocycles. The number of nitrogens with two attached hydrogens (primary N) is 1. The van der Waals surface area contributed by atoms with E-state index in [-0.39, 0.29) is 0 Å². The Morgan fingerprint density at radius 1 is 1.09 bits per heavy atom. The van der Waals surface area contributed by atoms with Crippen molar-refractivity contribution in [3.63, 3.8) is 0 Å². The molecular formula is C16H12IN3O2. The highest BCUT2D eigenvalue weighted by atomic mass is 123. The van der Waals surface area contributed by atoms with Crippen molar-refractivity contribution in [2.24, 2.45) is 5.73 Å². The lowest BCUT2D eigenvalue weighted by atomic mass is 10.1. The third-order valence-electron chi connectivity index (χ3n) is 3.00. The van der Waals surface area contributed by atoms with Gasteiger partial charge in [0.15, 0.2) is 0 Å². The molecule has 6 heteroatoms. The van der Waals surface area contributed by atoms with Gasteiger partial charge in [0.2, 0.25) is 0 Å². The third kappa shape index (κ3) is 3.28. The molecule has 0 bridgehead atoms. The molecule has 0 radical (unpaired) electrons. The third-order valence-corrected chi connectivity index (χ3v) is 3.67. The monoisotopic (exact) mass is 401 g/mol. The molecule has 22 heavy (non-hydrogen) atoms. The SMILES string of the molecule is NC(=O)n1ccc(-c2ccc(Oc3cccc([123I])c3)cc2)n1. The molecule has 2 N–H and O–H groups in total. The Morgan fingerprint density at radius 2 is 1.86 bits per heavy atom. The fourth-order valence-electron chi connectivity index (χ4n) is 1.96. The normalized spacial score (nSPS) is 10.4. The van der Waals surface area contributed by atoms with Crippen molar-refractivity contribution < 1.29 is 9.53 Å². The van der Waals surface area contributed by atoms with Crippen LogP contribution in [0.25, 0.3) is 11.3 Å². The Hall–Kier alpha value is -2.35. The van der Waals surface area contributed by atoms with E-state index in [9.17, 15) is 4.79 Å². The van der Waals surface area contributed by atoms with Crippen LogP contribution in [0.1, 0.15) is 0 Å². The average molecular weight is 401 g/mol. The minimum absolute atomic E-state index is 0.607. The minimum Gasteiger partial charge on any atom is -0.457 e. The summed E-state index contributed by atoms with van der Waals surface area (Å²) in [6, 6.07) is 16.4. The standard InChI is InChI=1S/C16H12IN3O2/c17-12-2-1-3-14(10-12)22-13-6-4-11(5-7-13)15-8-9-20(19-15)16(18)21/h1-10H,(H2,18,21)/i17-4. The fourth-order valence-corrected chi connectivity index (χ4v) is 2.48. The molecule has 0 spiro atoms. The van der Waals surface area contributed by atoms with Crippen LogP contribution in [0.5, 0.6) is 11.5 Å². The number of nitrogens with zero attached hydrogens (tertiary/aromatic N) is 2. The molecule has 0 fully saturated rings. The van der Waals surface area contributed by atoms with Gasteiger partial charge in [-0.05, 0) is 71.1 Å². The number of hydrogen-bond donors (Lipinski definition) is 1. The maximum absolute atomic E-state index is 11.0. The van der Waals surface area contributed by atoms with Gasteiger partial charge in [0.1, 0.15) is 11.5 Å². The summed E-state index contributed by atoms with van der Waals surface area (Å²) in [5.74, 6) is 1.53. The van der Waals surface area contributed by atoms with E-state index in [1.807, 2.05) is 48.5 Å². The highest BCUT2D eigenvalue weighted by molar-refractivity contribution is 14.1. The second kappa shape index (κ2) is 6.18. The second-order valence-electron chi connectivity index (χ2n) is 4.57. The molecular weight excluding hydrogens is 389 g/mol. The van der Waals surface area contributed by atoms with Gasteiger partial charge in [-0.3, -0.25) is 0 Å². The molecule has 3 aromatic rings. The van der Waals surface area contributed by atoms with E-state index in [1.165, 1.54) is 6.20 Å². The Balaban J connectivity index is 1.78. The topological polar surface area (TPSA) is 70.1 Å². The van der Waals surface area contributed by atoms with Crippen LogP contribution < -0.4 is 10.5 Å². The fraction of sp³-hybridized carbons (Fsp3) is 0. The molecule has 0 unspecified atom stereocenters. The van der Waals surface area contributed by atoms with E-state index < -0.39 is 6.03 Å². The van der Waals surface area contributed by atoms with E-state index in [4.69, 9.17) is 10.5 Å². The molecule has 110 valence electrons. The summed E-state index contributed by atoms with van der Waals surface area (Å²) < 4.78 is 8.01. The Morgan fingerprint density at radius 3 is 2.50 bits per heavy atom. The van der Waals surface area contributed by atoms with Crippen LogP contribution >= 0.6 is 22.6 Å². The zero-order valence-electron chi connectivity index (χ0n) is 11.4. The smallest absolute Gasteiger partial charge is 0.339 e. The van der Waals surface area contributed by atoms with Gasteiger partial charge in [-0.1, -0.05) is 6.07 Å². The van der Waals surface area contributed by atoms with E-state index in [2.05, 4.69) is 27.7 Å². The van der Waals surface area contributed by atoms with Crippen LogP contribution in [0.2, 0.25) is 0 Å². The lowest BCUT2D eigenvalue weighted by Crippen LogP contribution is -2.19. The number of carbonyl (C=O) groups is 1. The van der Waals surface area contributed by atoms with Crippen molar-refractivity contribution in [3.05, 3.63) is 64.4 Å². The summed E-state index contributed by atoms with van der Waals surface area (Å²) in [5, 5.41) is 4.11. The molecule has 0 atom stereocenters. The van der Waals surface area contributed by atoms with Gasteiger partial charge in [-0.15, -0.1) is 0 Å². The molecule has 2 aromatic carbocycles. The molecule has 0 saturated heterocycles. The van der Waals surface area contributed by atoms with Gasteiger partial charge >= 0.3 is 6.03 Å². The first-order valence-electron chi connectivity index (χ1n) is 6.51. The number of rotatable bonds is 3. The van der Waals surface area contributed by atoms with Gasteiger partial charge in [0, 0.05) is 15.3 Å². The summed E-state index contributed by atoms with van der Waals surface area (Å²) in [6.07, 6.45) is 1.54. The Kier molecular flexibility index (Phi) is 4.10. The average Bonchev–Trinajstić information content (AvgIpc) is 2.98. The first-order chi connectivity index (χ1) is 10.6. The van der Waals surface area contributed by atoms with E-state index in [1.54, 1.807) is 6.07 Å². The molecule has 5 nitrogen and oxygen atoms in total. The van der Waals surface area contributed by atoms with Crippen LogP contribution in [0.3, 0.4) is 0 Å². The van der Waals surface area contributed by atoms with Crippen molar-refractivity contribution in [3.8, 4) is 22.8 Å². The van der Waals surface area contributed by atoms with Crippen molar-refractivity contribution >= 4 is 28.6 Å². The zero-order valence-corrected chi connectivity index (χ0v) is 13.6. The lowest BCUT2D eigenvalue weighted by molar-refractivity contribution is 0.248. The van der Waals surface area contributed by atoms with E-state index >= 15 is 0 Å². The van der Waals surface area contributed by atoms with Gasteiger partial charge < -0.3 is 10.5 Å². The molecule has 0 aliphatic heterocycles. The molecule has 3 rings (SSSR count). The predicted octanol–water partition coefficient (Wildman–Crippen LogP) is 3.87. The van der Waals surface area contributed by atoms with Crippen molar-refractivity contribution in [1.29, 1.82) is 0 Å². The zero-order chi connectivity index (χ0) is 15.5. The van der Waals surface area contributed by atoms with Gasteiger partial charge in [0.05, 0.1) is 5.69 Å². The van der Waals surface area contributed by atoms with Crippen LogP contribution in [0.15, 0.2) is 60.8 Å². The molecule has 1 amide bonds. The molecule has 1 aromatic heterocycles. The molecule has 0 saturated carbocycles. The van der Waals surface area contributed by atoms with E-state index in [0.29, 0.717) is 5.69 Å². The highest BCUT2D eigenvalue weighted by Gasteiger charge is 2.06. The van der Waals surface area contributed by atoms with Crippen LogP contribution in [-0.2, 0) is 0 Å². The van der Waals surface area contributed by atoms with Gasteiger partial charge in [-0.2, -0.15) is 9.78 Å². The van der Waals surface area contributed by atoms with Crippen molar-refractivity contribution in [2.45, 2.75) is 0 Å². The summed E-state index contributed by atoms with van der Waals surface area (Å²) >= 11 is 2.24. The maximum Gasteiger partial charge on any atom is 0.339 e. The van der Waals surface area contributed by atoms with Crippen LogP contribution in [0, 0.1) is 3.57 Å². The van der Waals surface area contributed by atoms with Gasteiger partial charge in [0.25, 0.3) is 0 Å². The summed E-state index contributed by atoms with van der Waals surface area (Å²) in [6.45, 7) is 0. The molecule has 0 aliphatic rings. The van der Waals surface area contributed by atoms with Gasteiger partial charge in [-0.25, -0.2) is 4.79 Å². The number of carbonyl (C=O) groups excluding carboxylic acids is 1. The highest BCUT2D eigenvalue weighted by Crippen LogP contribution is 2.25. The number of benzene rings is 2. The number of hydrogen-bond acceptors (Lipinski definition) is 3. The minimum atomic E-state index is -0.607. The number of aromatic nitrogens is 2. The van der Waals surface area contributed by atoms with Crippen molar-refractivity contribution in [1.82, 2.24) is 9.78 Å². The number of ether oxygens (including phenoxy) is 1. The lowest BCUT2D eigenvalue weighted by Gasteiger charge is -2.06. The van der Waals surface area contributed by atoms with E-state index in [0.717, 1.165) is 25.3 Å². The predicted molar refractivity (Wildman–Crippen MR) is 91.9 cm³/mol. The summed E-state index contributed by atoms with van der Waals surface area (Å²) in [7, 11) is 0. The van der Waals surface area contributed by atoms with Crippen LogP contribution in [-0.4, -0.2) is 15.8 Å².